The van der Waals surface area contributed by atoms with E-state index in [2.05, 4.69) is 32.6 Å². The smallest absolute Gasteiger partial charge is 0.461 e. The molecule has 4 fully saturated rings. The highest BCUT2D eigenvalue weighted by Gasteiger charge is 2.63. The summed E-state index contributed by atoms with van der Waals surface area (Å²) in [6.45, 7) is 13.0. The molecule has 4 saturated carbocycles. The molecule has 4 aliphatic carbocycles. The van der Waals surface area contributed by atoms with Crippen LogP contribution in [0.2, 0.25) is 0 Å². The number of nitrogens with zero attached hydrogens (tertiary/aromatic N) is 1. The number of carbonyl (C=O) groups is 2. The molecular weight excluding hydrogens is 521 g/mol. The Morgan fingerprint density at radius 1 is 0.949 bits per heavy atom. The van der Waals surface area contributed by atoms with Crippen LogP contribution in [-0.4, -0.2) is 68.3 Å². The number of aliphatic hydroxyl groups excluding tert-OH is 1. The van der Waals surface area contributed by atoms with Crippen molar-refractivity contribution in [3.8, 4) is 0 Å². The lowest BCUT2D eigenvalue weighted by Gasteiger charge is -2.62. The number of Topliss-reactive ketones (excluding diaryl/α,β-unsaturated/α-hetero) is 1. The maximum Gasteiger partial charge on any atom is 0.466 e. The third-order valence-corrected chi connectivity index (χ3v) is 10.9. The first-order valence-corrected chi connectivity index (χ1v) is 16.6. The Bertz CT molecular complexity index is 895. The fourth-order valence-corrected chi connectivity index (χ4v) is 9.39. The molecule has 10 heteroatoms. The van der Waals surface area contributed by atoms with Gasteiger partial charge in [0.05, 0.1) is 12.6 Å². The number of aliphatic hydroxyl groups is 1. The molecule has 4 aliphatic rings. The Morgan fingerprint density at radius 2 is 1.56 bits per heavy atom. The Hall–Kier alpha value is -0.830. The van der Waals surface area contributed by atoms with Crippen molar-refractivity contribution >= 4 is 19.6 Å². The van der Waals surface area contributed by atoms with Gasteiger partial charge in [-0.1, -0.05) is 27.7 Å². The van der Waals surface area contributed by atoms with Gasteiger partial charge in [0.2, 0.25) is 0 Å². The van der Waals surface area contributed by atoms with Gasteiger partial charge in [0.1, 0.15) is 11.9 Å². The number of ketones is 1. The third-order valence-electron chi connectivity index (χ3n) is 10.9. The fourth-order valence-electron chi connectivity index (χ4n) is 9.39. The summed E-state index contributed by atoms with van der Waals surface area (Å²) in [5.74, 6) is 2.60. The molecule has 9 nitrogen and oxygen atoms in total. The van der Waals surface area contributed by atoms with E-state index >= 15 is 0 Å². The number of hydrogen-bond donors (Lipinski definition) is 4. The Balaban J connectivity index is 0.000000771. The lowest BCUT2D eigenvalue weighted by Crippen LogP contribution is -2.60. The van der Waals surface area contributed by atoms with Gasteiger partial charge in [-0.2, -0.15) is 0 Å². The summed E-state index contributed by atoms with van der Waals surface area (Å²) >= 11 is 0. The molecule has 4 N–H and O–H groups in total. The quantitative estimate of drug-likeness (QED) is 0.247. The molecule has 0 heterocycles. The van der Waals surface area contributed by atoms with Crippen molar-refractivity contribution in [1.82, 2.24) is 4.90 Å². The zero-order valence-corrected chi connectivity index (χ0v) is 25.4. The zero-order valence-electron chi connectivity index (χ0n) is 24.6. The molecule has 0 amide bonds. The number of ether oxygens (including phenoxy) is 1. The SMILES string of the molecule is CCCN(CCC)CC(=O)OC1C[C@@H](O)C[C@@H]2CC[C@H]3[C@@H]4CC[C@H](C(C)=O)[C@@]4(C)CC[C@@H]3[C@@]12C.O=P(O)(O)O. The Morgan fingerprint density at radius 3 is 2.13 bits per heavy atom. The van der Waals surface area contributed by atoms with Crippen LogP contribution in [0.4, 0.5) is 0 Å². The number of phosphoric acid groups is 1. The second kappa shape index (κ2) is 13.0. The van der Waals surface area contributed by atoms with Crippen molar-refractivity contribution in [2.24, 2.45) is 40.4 Å². The average molecular weight is 574 g/mol. The molecule has 0 aromatic heterocycles. The predicted molar refractivity (Wildman–Crippen MR) is 148 cm³/mol. The number of rotatable bonds is 8. The van der Waals surface area contributed by atoms with Crippen LogP contribution in [0.5, 0.6) is 0 Å². The second-order valence-electron chi connectivity index (χ2n) is 13.2. The molecule has 0 spiro atoms. The maximum atomic E-state index is 13.1. The summed E-state index contributed by atoms with van der Waals surface area (Å²) in [5.41, 5.74) is 0.0607. The first-order chi connectivity index (χ1) is 18.1. The van der Waals surface area contributed by atoms with Crippen molar-refractivity contribution < 1.29 is 38.7 Å². The van der Waals surface area contributed by atoms with Crippen molar-refractivity contribution in [3.05, 3.63) is 0 Å². The van der Waals surface area contributed by atoms with Crippen LogP contribution >= 0.6 is 7.82 Å². The summed E-state index contributed by atoms with van der Waals surface area (Å²) in [4.78, 5) is 49.4. The Labute approximate surface area is 234 Å². The van der Waals surface area contributed by atoms with Gasteiger partial charge >= 0.3 is 13.8 Å². The van der Waals surface area contributed by atoms with Crippen LogP contribution in [-0.2, 0) is 18.9 Å². The first-order valence-electron chi connectivity index (χ1n) is 15.0. The first kappa shape index (κ1) is 32.7. The number of carbonyl (C=O) groups excluding carboxylic acids is 2. The lowest BCUT2D eigenvalue weighted by atomic mass is 9.44. The monoisotopic (exact) mass is 573 g/mol. The van der Waals surface area contributed by atoms with Gasteiger partial charge in [0.15, 0.2) is 0 Å². The molecule has 39 heavy (non-hydrogen) atoms. The van der Waals surface area contributed by atoms with Crippen molar-refractivity contribution in [2.75, 3.05) is 19.6 Å². The normalized spacial score (nSPS) is 39.6. The minimum Gasteiger partial charge on any atom is -0.461 e. The highest BCUT2D eigenvalue weighted by molar-refractivity contribution is 7.45. The highest BCUT2D eigenvalue weighted by Crippen LogP contribution is 2.67. The summed E-state index contributed by atoms with van der Waals surface area (Å²) in [6, 6.07) is 0. The summed E-state index contributed by atoms with van der Waals surface area (Å²) in [6.07, 6.45) is 9.62. The van der Waals surface area contributed by atoms with E-state index in [1.165, 1.54) is 12.8 Å². The third kappa shape index (κ3) is 7.34. The van der Waals surface area contributed by atoms with E-state index < -0.39 is 7.82 Å². The van der Waals surface area contributed by atoms with Crippen LogP contribution < -0.4 is 0 Å². The van der Waals surface area contributed by atoms with Crippen LogP contribution in [0, 0.1) is 40.4 Å². The molecule has 9 atom stereocenters. The average Bonchev–Trinajstić information content (AvgIpc) is 3.17. The van der Waals surface area contributed by atoms with Crippen molar-refractivity contribution in [2.45, 2.75) is 111 Å². The van der Waals surface area contributed by atoms with Crippen LogP contribution in [0.1, 0.15) is 98.8 Å². The van der Waals surface area contributed by atoms with E-state index in [9.17, 15) is 14.7 Å². The largest absolute Gasteiger partial charge is 0.466 e. The molecule has 4 rings (SSSR count). The summed E-state index contributed by atoms with van der Waals surface area (Å²) in [7, 11) is -4.64. The van der Waals surface area contributed by atoms with E-state index in [-0.39, 0.29) is 34.9 Å². The lowest BCUT2D eigenvalue weighted by molar-refractivity contribution is -0.203. The van der Waals surface area contributed by atoms with Gasteiger partial charge in [0, 0.05) is 17.8 Å². The van der Waals surface area contributed by atoms with Gasteiger partial charge < -0.3 is 24.5 Å². The maximum absolute atomic E-state index is 13.1. The topological polar surface area (TPSA) is 145 Å². The van der Waals surface area contributed by atoms with Crippen molar-refractivity contribution in [1.29, 1.82) is 0 Å². The van der Waals surface area contributed by atoms with Crippen LogP contribution in [0.25, 0.3) is 0 Å². The molecule has 0 bridgehead atoms. The summed E-state index contributed by atoms with van der Waals surface area (Å²) < 4.78 is 15.2. The predicted octanol–water partition coefficient (Wildman–Crippen LogP) is 4.31. The van der Waals surface area contributed by atoms with E-state index in [0.717, 1.165) is 58.0 Å². The summed E-state index contributed by atoms with van der Waals surface area (Å²) in [5, 5.41) is 10.7. The fraction of sp³-hybridized carbons (Fsp3) is 0.931. The molecule has 0 aromatic carbocycles. The molecular formula is C29H52NO8P. The van der Waals surface area contributed by atoms with Crippen molar-refractivity contribution in [3.63, 3.8) is 0 Å². The highest BCUT2D eigenvalue weighted by atomic mass is 31.2. The van der Waals surface area contributed by atoms with Gasteiger partial charge in [0.25, 0.3) is 0 Å². The van der Waals surface area contributed by atoms with Gasteiger partial charge in [-0.05, 0) is 107 Å². The standard InChI is InChI=1S/C29H49NO4.H3O4P/c1-6-14-30(15-7-2)18-27(33)34-26-17-21(32)16-20-8-9-22-24-11-10-23(19(3)31)28(24,4)13-12-25(22)29(20,26)5;1-5(2,3)4/h20-26,32H,6-18H2,1-5H3;(H3,1,2,3,4)/t20-,21-,22-,23+,24-,25-,26?,28+,29-;/m0./s1. The molecule has 0 radical (unpaired) electrons. The van der Waals surface area contributed by atoms with Crippen LogP contribution in [0.15, 0.2) is 0 Å². The number of esters is 1. The number of hydrogen-bond acceptors (Lipinski definition) is 6. The van der Waals surface area contributed by atoms with Crippen LogP contribution in [0.3, 0.4) is 0 Å². The minimum absolute atomic E-state index is 0.0756. The van der Waals surface area contributed by atoms with Gasteiger partial charge in [-0.15, -0.1) is 0 Å². The molecule has 1 unspecified atom stereocenters. The van der Waals surface area contributed by atoms with E-state index in [4.69, 9.17) is 24.0 Å². The molecule has 0 saturated heterocycles. The number of fused-ring (bicyclic) bond motifs is 5. The molecule has 0 aliphatic heterocycles. The van der Waals surface area contributed by atoms with Gasteiger partial charge in [-0.3, -0.25) is 14.5 Å². The molecule has 0 aromatic rings. The van der Waals surface area contributed by atoms with Gasteiger partial charge in [-0.25, -0.2) is 4.57 Å². The Kier molecular flexibility index (Phi) is 10.9. The molecule has 226 valence electrons. The van der Waals surface area contributed by atoms with E-state index in [1.807, 2.05) is 0 Å². The van der Waals surface area contributed by atoms with E-state index in [1.54, 1.807) is 6.92 Å². The minimum atomic E-state index is -4.64. The zero-order chi connectivity index (χ0) is 29.2. The second-order valence-corrected chi connectivity index (χ2v) is 14.2. The van der Waals surface area contributed by atoms with E-state index in [0.29, 0.717) is 42.4 Å².